The van der Waals surface area contributed by atoms with Gasteiger partial charge in [-0.25, -0.2) is 4.79 Å². The van der Waals surface area contributed by atoms with Gasteiger partial charge in [-0.1, -0.05) is 13.8 Å². The Morgan fingerprint density at radius 2 is 2.11 bits per heavy atom. The molecule has 0 fully saturated rings. The number of carbonyl (C=O) groups is 1. The lowest BCUT2D eigenvalue weighted by Crippen LogP contribution is -2.09. The smallest absolute Gasteiger partial charge is 0.336 e. The van der Waals surface area contributed by atoms with E-state index in [1.165, 1.54) is 6.07 Å². The molecule has 2 N–H and O–H groups in total. The highest BCUT2D eigenvalue weighted by Crippen LogP contribution is 2.28. The molecule has 1 aromatic carbocycles. The third-order valence-corrected chi connectivity index (χ3v) is 2.86. The van der Waals surface area contributed by atoms with E-state index in [-0.39, 0.29) is 11.3 Å². The van der Waals surface area contributed by atoms with Gasteiger partial charge < -0.3 is 10.4 Å². The molecule has 0 aliphatic carbocycles. The molecule has 0 aliphatic rings. The van der Waals surface area contributed by atoms with Crippen molar-refractivity contribution in [3.63, 3.8) is 0 Å². The highest BCUT2D eigenvalue weighted by molar-refractivity contribution is 5.90. The quantitative estimate of drug-likeness (QED) is 0.609. The lowest BCUT2D eigenvalue weighted by Gasteiger charge is -2.12. The van der Waals surface area contributed by atoms with Gasteiger partial charge in [0, 0.05) is 23.9 Å². The van der Waals surface area contributed by atoms with Gasteiger partial charge in [0.25, 0.3) is 5.69 Å². The molecule has 0 atom stereocenters. The standard InChI is InChI=1S/C13H18N2O4/c1-8(2)4-5-14-11-6-10(13(16)17)7-12(9(11)3)15(18)19/h6-8,14H,4-5H2,1-3H3,(H,16,17). The summed E-state index contributed by atoms with van der Waals surface area (Å²) in [6.45, 7) is 6.41. The lowest BCUT2D eigenvalue weighted by molar-refractivity contribution is -0.385. The van der Waals surface area contributed by atoms with Crippen LogP contribution in [0.5, 0.6) is 0 Å². The van der Waals surface area contributed by atoms with Gasteiger partial charge >= 0.3 is 5.97 Å². The second-order valence-corrected chi connectivity index (χ2v) is 4.84. The van der Waals surface area contributed by atoms with Crippen molar-refractivity contribution in [1.29, 1.82) is 0 Å². The van der Waals surface area contributed by atoms with Gasteiger partial charge in [0.05, 0.1) is 10.5 Å². The molecule has 0 aromatic heterocycles. The van der Waals surface area contributed by atoms with E-state index in [0.717, 1.165) is 12.5 Å². The van der Waals surface area contributed by atoms with E-state index in [9.17, 15) is 14.9 Å². The first-order valence-electron chi connectivity index (χ1n) is 6.09. The van der Waals surface area contributed by atoms with Crippen LogP contribution in [-0.4, -0.2) is 22.5 Å². The first kappa shape index (κ1) is 14.9. The van der Waals surface area contributed by atoms with Crippen molar-refractivity contribution in [2.45, 2.75) is 27.2 Å². The minimum absolute atomic E-state index is 0.0793. The van der Waals surface area contributed by atoms with Crippen LogP contribution in [0.25, 0.3) is 0 Å². The molecule has 0 saturated heterocycles. The Kier molecular flexibility index (Phi) is 4.86. The van der Waals surface area contributed by atoms with Gasteiger partial charge in [-0.3, -0.25) is 10.1 Å². The number of aromatic carboxylic acids is 1. The molecule has 6 nitrogen and oxygen atoms in total. The van der Waals surface area contributed by atoms with Crippen LogP contribution in [-0.2, 0) is 0 Å². The van der Waals surface area contributed by atoms with Crippen molar-refractivity contribution in [3.05, 3.63) is 33.4 Å². The number of benzene rings is 1. The van der Waals surface area contributed by atoms with Crippen molar-refractivity contribution < 1.29 is 14.8 Å². The molecule has 0 heterocycles. The molecule has 0 radical (unpaired) electrons. The minimum Gasteiger partial charge on any atom is -0.478 e. The number of nitrogens with one attached hydrogen (secondary N) is 1. The van der Waals surface area contributed by atoms with Gasteiger partial charge in [0.15, 0.2) is 0 Å². The Labute approximate surface area is 111 Å². The maximum atomic E-state index is 11.0. The van der Waals surface area contributed by atoms with Crippen molar-refractivity contribution in [2.75, 3.05) is 11.9 Å². The number of carboxylic acid groups (broad SMARTS) is 1. The molecular formula is C13H18N2O4. The van der Waals surface area contributed by atoms with Crippen LogP contribution in [0.15, 0.2) is 12.1 Å². The third kappa shape index (κ3) is 3.94. The lowest BCUT2D eigenvalue weighted by atomic mass is 10.1. The molecule has 104 valence electrons. The van der Waals surface area contributed by atoms with Gasteiger partial charge in [0.1, 0.15) is 0 Å². The second kappa shape index (κ2) is 6.17. The first-order valence-corrected chi connectivity index (χ1v) is 6.09. The summed E-state index contributed by atoms with van der Waals surface area (Å²) in [6, 6.07) is 2.52. The van der Waals surface area contributed by atoms with Crippen LogP contribution in [0.1, 0.15) is 36.2 Å². The zero-order valence-corrected chi connectivity index (χ0v) is 11.3. The van der Waals surface area contributed by atoms with E-state index in [2.05, 4.69) is 19.2 Å². The highest BCUT2D eigenvalue weighted by atomic mass is 16.6. The number of carboxylic acids is 1. The summed E-state index contributed by atoms with van der Waals surface area (Å²) in [5.74, 6) is -0.666. The molecule has 19 heavy (non-hydrogen) atoms. The molecule has 0 aliphatic heterocycles. The Morgan fingerprint density at radius 1 is 1.47 bits per heavy atom. The number of nitro groups is 1. The number of rotatable bonds is 6. The normalized spacial score (nSPS) is 10.5. The second-order valence-electron chi connectivity index (χ2n) is 4.84. The molecule has 0 saturated carbocycles. The summed E-state index contributed by atoms with van der Waals surface area (Å²) in [4.78, 5) is 21.3. The summed E-state index contributed by atoms with van der Waals surface area (Å²) in [5.41, 5.74) is 0.710. The highest BCUT2D eigenvalue weighted by Gasteiger charge is 2.18. The SMILES string of the molecule is Cc1c(NCCC(C)C)cc(C(=O)O)cc1[N+](=O)[O-]. The fourth-order valence-electron chi connectivity index (χ4n) is 1.69. The number of hydrogen-bond donors (Lipinski definition) is 2. The van der Waals surface area contributed by atoms with Crippen molar-refractivity contribution in [3.8, 4) is 0 Å². The average Bonchev–Trinajstić information content (AvgIpc) is 2.30. The van der Waals surface area contributed by atoms with Crippen molar-refractivity contribution >= 4 is 17.3 Å². The predicted octanol–water partition coefficient (Wildman–Crippen LogP) is 3.06. The van der Waals surface area contributed by atoms with E-state index in [1.54, 1.807) is 6.92 Å². The third-order valence-electron chi connectivity index (χ3n) is 2.86. The summed E-state index contributed by atoms with van der Waals surface area (Å²) in [6.07, 6.45) is 0.907. The number of nitrogens with zero attached hydrogens (tertiary/aromatic N) is 1. The first-order chi connectivity index (χ1) is 8.82. The van der Waals surface area contributed by atoms with Crippen LogP contribution in [0.4, 0.5) is 11.4 Å². The molecule has 1 aromatic rings. The summed E-state index contributed by atoms with van der Waals surface area (Å²) in [7, 11) is 0. The zero-order valence-electron chi connectivity index (χ0n) is 11.3. The van der Waals surface area contributed by atoms with Gasteiger partial charge in [-0.2, -0.15) is 0 Å². The molecule has 0 unspecified atom stereocenters. The van der Waals surface area contributed by atoms with Crippen LogP contribution in [0.3, 0.4) is 0 Å². The van der Waals surface area contributed by atoms with E-state index >= 15 is 0 Å². The van der Waals surface area contributed by atoms with Crippen molar-refractivity contribution in [2.24, 2.45) is 5.92 Å². The fraction of sp³-hybridized carbons (Fsp3) is 0.462. The molecular weight excluding hydrogens is 248 g/mol. The predicted molar refractivity (Wildman–Crippen MR) is 72.7 cm³/mol. The van der Waals surface area contributed by atoms with Crippen LogP contribution >= 0.6 is 0 Å². The summed E-state index contributed by atoms with van der Waals surface area (Å²) >= 11 is 0. The van der Waals surface area contributed by atoms with Crippen LogP contribution < -0.4 is 5.32 Å². The van der Waals surface area contributed by atoms with E-state index in [4.69, 9.17) is 5.11 Å². The topological polar surface area (TPSA) is 92.5 Å². The van der Waals surface area contributed by atoms with Crippen LogP contribution in [0, 0.1) is 23.0 Å². The molecule has 0 spiro atoms. The number of anilines is 1. The number of hydrogen-bond acceptors (Lipinski definition) is 4. The largest absolute Gasteiger partial charge is 0.478 e. The minimum atomic E-state index is -1.17. The van der Waals surface area contributed by atoms with Gasteiger partial charge in [-0.15, -0.1) is 0 Å². The fourth-order valence-corrected chi connectivity index (χ4v) is 1.69. The van der Waals surface area contributed by atoms with Gasteiger partial charge in [-0.05, 0) is 25.3 Å². The Balaban J connectivity index is 3.07. The molecule has 6 heteroatoms. The zero-order chi connectivity index (χ0) is 14.6. The Bertz CT molecular complexity index is 498. The maximum absolute atomic E-state index is 11.0. The summed E-state index contributed by atoms with van der Waals surface area (Å²) < 4.78 is 0. The average molecular weight is 266 g/mol. The Hall–Kier alpha value is -2.11. The van der Waals surface area contributed by atoms with Crippen LogP contribution in [0.2, 0.25) is 0 Å². The number of nitro benzene ring substituents is 1. The van der Waals surface area contributed by atoms with Gasteiger partial charge in [0.2, 0.25) is 0 Å². The summed E-state index contributed by atoms with van der Waals surface area (Å²) in [5, 5.41) is 23.0. The Morgan fingerprint density at radius 3 is 2.58 bits per heavy atom. The molecule has 1 rings (SSSR count). The van der Waals surface area contributed by atoms with E-state index < -0.39 is 10.9 Å². The van der Waals surface area contributed by atoms with E-state index in [0.29, 0.717) is 23.7 Å². The molecule has 0 bridgehead atoms. The van der Waals surface area contributed by atoms with Crippen molar-refractivity contribution in [1.82, 2.24) is 0 Å². The van der Waals surface area contributed by atoms with E-state index in [1.807, 2.05) is 0 Å². The monoisotopic (exact) mass is 266 g/mol. The maximum Gasteiger partial charge on any atom is 0.336 e. The molecule has 0 amide bonds.